The Balaban J connectivity index is 1.78. The molecule has 26 heavy (non-hydrogen) atoms. The molecule has 0 bridgehead atoms. The molecule has 1 heterocycles. The summed E-state index contributed by atoms with van der Waals surface area (Å²) >= 11 is 0. The standard InChI is InChI=1S/C23H20N2O/c1-16-10-11-20(17(2)14-16)22-12-13-23(26)25(24-22)15-19-8-5-7-18-6-3-4-9-21(18)19/h3-14H,15H2,1-2H3. The number of hydrogen-bond acceptors (Lipinski definition) is 2. The summed E-state index contributed by atoms with van der Waals surface area (Å²) in [5.74, 6) is 0. The van der Waals surface area contributed by atoms with Gasteiger partial charge in [0.1, 0.15) is 0 Å². The third-order valence-corrected chi connectivity index (χ3v) is 4.72. The lowest BCUT2D eigenvalue weighted by Gasteiger charge is -2.11. The molecule has 0 unspecified atom stereocenters. The number of rotatable bonds is 3. The molecule has 0 aliphatic carbocycles. The van der Waals surface area contributed by atoms with E-state index >= 15 is 0 Å². The molecule has 0 atom stereocenters. The molecule has 1 aromatic heterocycles. The average Bonchev–Trinajstić information content (AvgIpc) is 2.64. The molecule has 4 rings (SSSR count). The van der Waals surface area contributed by atoms with Crippen molar-refractivity contribution in [2.45, 2.75) is 20.4 Å². The number of hydrogen-bond donors (Lipinski definition) is 0. The Morgan fingerprint density at radius 3 is 2.54 bits per heavy atom. The Kier molecular flexibility index (Phi) is 4.13. The molecule has 0 saturated carbocycles. The highest BCUT2D eigenvalue weighted by molar-refractivity contribution is 5.85. The van der Waals surface area contributed by atoms with Gasteiger partial charge in [-0.2, -0.15) is 5.10 Å². The smallest absolute Gasteiger partial charge is 0.267 e. The summed E-state index contributed by atoms with van der Waals surface area (Å²) in [6, 6.07) is 24.1. The highest BCUT2D eigenvalue weighted by Crippen LogP contribution is 2.22. The Labute approximate surface area is 152 Å². The van der Waals surface area contributed by atoms with E-state index in [1.165, 1.54) is 10.9 Å². The summed E-state index contributed by atoms with van der Waals surface area (Å²) in [6.07, 6.45) is 0. The van der Waals surface area contributed by atoms with Crippen LogP contribution in [0.4, 0.5) is 0 Å². The average molecular weight is 340 g/mol. The van der Waals surface area contributed by atoms with Crippen LogP contribution < -0.4 is 5.56 Å². The molecule has 0 amide bonds. The fourth-order valence-corrected chi connectivity index (χ4v) is 3.40. The van der Waals surface area contributed by atoms with Crippen molar-refractivity contribution in [1.29, 1.82) is 0 Å². The maximum atomic E-state index is 12.4. The van der Waals surface area contributed by atoms with Crippen molar-refractivity contribution >= 4 is 10.8 Å². The number of fused-ring (bicyclic) bond motifs is 1. The van der Waals surface area contributed by atoms with Crippen molar-refractivity contribution in [3.63, 3.8) is 0 Å². The topological polar surface area (TPSA) is 34.9 Å². The van der Waals surface area contributed by atoms with Crippen LogP contribution in [-0.2, 0) is 6.54 Å². The van der Waals surface area contributed by atoms with E-state index in [-0.39, 0.29) is 5.56 Å². The maximum absolute atomic E-state index is 12.4. The van der Waals surface area contributed by atoms with Gasteiger partial charge in [-0.05, 0) is 41.8 Å². The van der Waals surface area contributed by atoms with Gasteiger partial charge >= 0.3 is 0 Å². The van der Waals surface area contributed by atoms with Gasteiger partial charge in [-0.25, -0.2) is 4.68 Å². The van der Waals surface area contributed by atoms with Gasteiger partial charge in [-0.15, -0.1) is 0 Å². The van der Waals surface area contributed by atoms with E-state index in [9.17, 15) is 4.79 Å². The van der Waals surface area contributed by atoms with E-state index in [4.69, 9.17) is 0 Å². The lowest BCUT2D eigenvalue weighted by Crippen LogP contribution is -2.23. The number of nitrogens with zero attached hydrogens (tertiary/aromatic N) is 2. The Morgan fingerprint density at radius 2 is 1.69 bits per heavy atom. The van der Waals surface area contributed by atoms with Crippen LogP contribution in [0, 0.1) is 13.8 Å². The fourth-order valence-electron chi connectivity index (χ4n) is 3.40. The van der Waals surface area contributed by atoms with E-state index in [2.05, 4.69) is 61.4 Å². The molecule has 4 aromatic rings. The van der Waals surface area contributed by atoms with Crippen LogP contribution in [0.2, 0.25) is 0 Å². The SMILES string of the molecule is Cc1ccc(-c2ccc(=O)n(Cc3cccc4ccccc34)n2)c(C)c1. The molecule has 0 N–H and O–H groups in total. The summed E-state index contributed by atoms with van der Waals surface area (Å²) in [5, 5.41) is 6.96. The van der Waals surface area contributed by atoms with Gasteiger partial charge in [0.05, 0.1) is 12.2 Å². The minimum Gasteiger partial charge on any atom is -0.268 e. The second-order valence-corrected chi connectivity index (χ2v) is 6.67. The normalized spacial score (nSPS) is 11.0. The van der Waals surface area contributed by atoms with Crippen LogP contribution in [0.15, 0.2) is 77.6 Å². The first-order chi connectivity index (χ1) is 12.6. The molecule has 3 heteroatoms. The molecular formula is C23H20N2O. The van der Waals surface area contributed by atoms with Crippen LogP contribution in [0.1, 0.15) is 16.7 Å². The van der Waals surface area contributed by atoms with Crippen LogP contribution in [0.25, 0.3) is 22.0 Å². The van der Waals surface area contributed by atoms with E-state index in [1.54, 1.807) is 16.8 Å². The molecule has 0 spiro atoms. The predicted molar refractivity (Wildman–Crippen MR) is 106 cm³/mol. The van der Waals surface area contributed by atoms with Gasteiger partial charge in [0.2, 0.25) is 0 Å². The predicted octanol–water partition coefficient (Wildman–Crippen LogP) is 4.73. The lowest BCUT2D eigenvalue weighted by molar-refractivity contribution is 0.645. The molecule has 3 nitrogen and oxygen atoms in total. The number of aryl methyl sites for hydroxylation is 2. The second kappa shape index (κ2) is 6.60. The third kappa shape index (κ3) is 3.04. The zero-order valence-electron chi connectivity index (χ0n) is 14.9. The summed E-state index contributed by atoms with van der Waals surface area (Å²) in [7, 11) is 0. The van der Waals surface area contributed by atoms with E-state index < -0.39 is 0 Å². The number of benzene rings is 3. The summed E-state index contributed by atoms with van der Waals surface area (Å²) in [5.41, 5.74) is 5.26. The van der Waals surface area contributed by atoms with Crippen molar-refractivity contribution in [3.8, 4) is 11.3 Å². The zero-order chi connectivity index (χ0) is 18.1. The largest absolute Gasteiger partial charge is 0.268 e. The van der Waals surface area contributed by atoms with Gasteiger partial charge in [0, 0.05) is 11.6 Å². The van der Waals surface area contributed by atoms with E-state index in [1.807, 2.05) is 18.2 Å². The first-order valence-corrected chi connectivity index (χ1v) is 8.74. The molecule has 0 radical (unpaired) electrons. The van der Waals surface area contributed by atoms with Gasteiger partial charge in [-0.3, -0.25) is 4.79 Å². The quantitative estimate of drug-likeness (QED) is 0.540. The van der Waals surface area contributed by atoms with Crippen molar-refractivity contribution in [1.82, 2.24) is 9.78 Å². The zero-order valence-corrected chi connectivity index (χ0v) is 14.9. The molecule has 0 fully saturated rings. The molecule has 3 aromatic carbocycles. The van der Waals surface area contributed by atoms with Crippen molar-refractivity contribution in [2.75, 3.05) is 0 Å². The summed E-state index contributed by atoms with van der Waals surface area (Å²) < 4.78 is 1.55. The number of aromatic nitrogens is 2. The summed E-state index contributed by atoms with van der Waals surface area (Å²) in [4.78, 5) is 12.4. The second-order valence-electron chi connectivity index (χ2n) is 6.67. The molecular weight excluding hydrogens is 320 g/mol. The van der Waals surface area contributed by atoms with Crippen molar-refractivity contribution < 1.29 is 0 Å². The Hall–Kier alpha value is -3.20. The first-order valence-electron chi connectivity index (χ1n) is 8.74. The fraction of sp³-hybridized carbons (Fsp3) is 0.130. The first kappa shape index (κ1) is 16.3. The molecule has 0 aliphatic rings. The van der Waals surface area contributed by atoms with E-state index in [0.29, 0.717) is 6.54 Å². The monoisotopic (exact) mass is 340 g/mol. The minimum atomic E-state index is -0.0913. The highest BCUT2D eigenvalue weighted by Gasteiger charge is 2.08. The Bertz CT molecular complexity index is 1150. The molecule has 0 saturated heterocycles. The van der Waals surface area contributed by atoms with Crippen LogP contribution >= 0.6 is 0 Å². The molecule has 128 valence electrons. The highest BCUT2D eigenvalue weighted by atomic mass is 16.1. The Morgan fingerprint density at radius 1 is 0.885 bits per heavy atom. The molecule has 0 aliphatic heterocycles. The van der Waals surface area contributed by atoms with Crippen molar-refractivity contribution in [3.05, 3.63) is 99.8 Å². The van der Waals surface area contributed by atoms with Crippen molar-refractivity contribution in [2.24, 2.45) is 0 Å². The van der Waals surface area contributed by atoms with Gasteiger partial charge in [0.25, 0.3) is 5.56 Å². The van der Waals surface area contributed by atoms with Crippen LogP contribution in [0.5, 0.6) is 0 Å². The van der Waals surface area contributed by atoms with Gasteiger partial charge in [-0.1, -0.05) is 66.2 Å². The lowest BCUT2D eigenvalue weighted by atomic mass is 10.0. The van der Waals surface area contributed by atoms with E-state index in [0.717, 1.165) is 27.8 Å². The van der Waals surface area contributed by atoms with Gasteiger partial charge < -0.3 is 0 Å². The van der Waals surface area contributed by atoms with Crippen LogP contribution in [-0.4, -0.2) is 9.78 Å². The minimum absolute atomic E-state index is 0.0913. The summed E-state index contributed by atoms with van der Waals surface area (Å²) in [6.45, 7) is 4.61. The maximum Gasteiger partial charge on any atom is 0.267 e. The third-order valence-electron chi connectivity index (χ3n) is 4.72. The van der Waals surface area contributed by atoms with Gasteiger partial charge in [0.15, 0.2) is 0 Å². The van der Waals surface area contributed by atoms with Crippen LogP contribution in [0.3, 0.4) is 0 Å².